The van der Waals surface area contributed by atoms with Crippen LogP contribution in [0.15, 0.2) is 48.5 Å². The first-order chi connectivity index (χ1) is 11.3. The molecule has 0 aliphatic carbocycles. The molecule has 0 saturated carbocycles. The maximum atomic E-state index is 12.6. The Kier molecular flexibility index (Phi) is 5.85. The van der Waals surface area contributed by atoms with Gasteiger partial charge in [0.1, 0.15) is 0 Å². The van der Waals surface area contributed by atoms with Crippen molar-refractivity contribution in [2.24, 2.45) is 0 Å². The fraction of sp³-hybridized carbons (Fsp3) is 0.333. The predicted molar refractivity (Wildman–Crippen MR) is 91.4 cm³/mol. The molecule has 2 rings (SSSR count). The van der Waals surface area contributed by atoms with E-state index in [2.05, 4.69) is 0 Å². The highest BCUT2D eigenvalue weighted by molar-refractivity contribution is 6.79. The summed E-state index contributed by atoms with van der Waals surface area (Å²) in [6.07, 6.45) is -4.31. The van der Waals surface area contributed by atoms with Crippen LogP contribution in [0.2, 0.25) is 6.55 Å². The minimum Gasteiger partial charge on any atom is -0.391 e. The molecule has 0 saturated heterocycles. The van der Waals surface area contributed by atoms with Gasteiger partial charge in [0, 0.05) is 13.2 Å². The minimum atomic E-state index is -4.31. The molecule has 2 aromatic rings. The summed E-state index contributed by atoms with van der Waals surface area (Å²) in [5, 5.41) is 1.00. The van der Waals surface area contributed by atoms with Gasteiger partial charge in [-0.15, -0.1) is 0 Å². The normalized spacial score (nSPS) is 12.4. The van der Waals surface area contributed by atoms with E-state index in [1.807, 2.05) is 44.7 Å². The molecule has 0 unspecified atom stereocenters. The highest BCUT2D eigenvalue weighted by Crippen LogP contribution is 2.30. The van der Waals surface area contributed by atoms with E-state index in [1.165, 1.54) is 12.1 Å². The number of rotatable bonds is 6. The van der Waals surface area contributed by atoms with Crippen molar-refractivity contribution in [3.8, 4) is 11.1 Å². The Morgan fingerprint density at radius 1 is 0.792 bits per heavy atom. The summed E-state index contributed by atoms with van der Waals surface area (Å²) in [5.41, 5.74) is 0.957. The zero-order valence-electron chi connectivity index (χ0n) is 14.0. The molecular formula is C18H21F3O2Si. The summed E-state index contributed by atoms with van der Waals surface area (Å²) in [5.74, 6) is 0. The maximum absolute atomic E-state index is 12.6. The van der Waals surface area contributed by atoms with Gasteiger partial charge in [-0.05, 0) is 48.8 Å². The Bertz CT molecular complexity index is 645. The van der Waals surface area contributed by atoms with Gasteiger partial charge in [0.05, 0.1) is 5.56 Å². The number of benzene rings is 2. The summed E-state index contributed by atoms with van der Waals surface area (Å²) >= 11 is 0. The van der Waals surface area contributed by atoms with Crippen molar-refractivity contribution in [1.29, 1.82) is 0 Å². The third-order valence-electron chi connectivity index (χ3n) is 3.79. The Hall–Kier alpha value is -1.63. The van der Waals surface area contributed by atoms with Crippen LogP contribution in [0.5, 0.6) is 0 Å². The van der Waals surface area contributed by atoms with E-state index < -0.39 is 20.3 Å². The van der Waals surface area contributed by atoms with E-state index >= 15 is 0 Å². The first-order valence-electron chi connectivity index (χ1n) is 7.86. The van der Waals surface area contributed by atoms with Gasteiger partial charge >= 0.3 is 14.7 Å². The zero-order valence-corrected chi connectivity index (χ0v) is 15.0. The van der Waals surface area contributed by atoms with Crippen molar-refractivity contribution in [2.45, 2.75) is 26.6 Å². The number of hydrogen-bond donors (Lipinski definition) is 0. The van der Waals surface area contributed by atoms with Gasteiger partial charge in [-0.25, -0.2) is 0 Å². The number of hydrogen-bond acceptors (Lipinski definition) is 2. The lowest BCUT2D eigenvalue weighted by Gasteiger charge is -2.26. The van der Waals surface area contributed by atoms with Gasteiger partial charge in [-0.3, -0.25) is 0 Å². The Morgan fingerprint density at radius 2 is 1.21 bits per heavy atom. The molecule has 0 spiro atoms. The van der Waals surface area contributed by atoms with Crippen LogP contribution in [-0.2, 0) is 15.0 Å². The fourth-order valence-electron chi connectivity index (χ4n) is 2.58. The number of alkyl halides is 3. The lowest BCUT2D eigenvalue weighted by molar-refractivity contribution is -0.137. The van der Waals surface area contributed by atoms with E-state index in [0.29, 0.717) is 13.2 Å². The predicted octanol–water partition coefficient (Wildman–Crippen LogP) is 4.72. The van der Waals surface area contributed by atoms with Crippen LogP contribution in [-0.4, -0.2) is 21.8 Å². The molecule has 0 N–H and O–H groups in total. The summed E-state index contributed by atoms with van der Waals surface area (Å²) in [7, 11) is -2.43. The third kappa shape index (κ3) is 4.26. The van der Waals surface area contributed by atoms with Crippen molar-refractivity contribution in [2.75, 3.05) is 13.2 Å². The van der Waals surface area contributed by atoms with Gasteiger partial charge in [-0.2, -0.15) is 13.2 Å². The second kappa shape index (κ2) is 7.50. The SMILES string of the molecule is CCO[Si](C)(OCC)c1ccc(-c2ccc(C(F)(F)F)cc2)cc1. The van der Waals surface area contributed by atoms with Gasteiger partial charge in [-0.1, -0.05) is 36.4 Å². The van der Waals surface area contributed by atoms with E-state index in [0.717, 1.165) is 28.4 Å². The molecule has 24 heavy (non-hydrogen) atoms. The second-order valence-electron chi connectivity index (χ2n) is 5.46. The van der Waals surface area contributed by atoms with Crippen LogP contribution >= 0.6 is 0 Å². The molecule has 0 bridgehead atoms. The highest BCUT2D eigenvalue weighted by atomic mass is 28.4. The van der Waals surface area contributed by atoms with E-state index in [-0.39, 0.29) is 0 Å². The summed E-state index contributed by atoms with van der Waals surface area (Å²) in [4.78, 5) is 0. The first-order valence-corrected chi connectivity index (χ1v) is 10.2. The zero-order chi connectivity index (χ0) is 17.8. The lowest BCUT2D eigenvalue weighted by Crippen LogP contribution is -2.51. The summed E-state index contributed by atoms with van der Waals surface area (Å²) in [6, 6.07) is 12.8. The van der Waals surface area contributed by atoms with Crippen LogP contribution in [0.25, 0.3) is 11.1 Å². The van der Waals surface area contributed by atoms with Gasteiger partial charge in [0.25, 0.3) is 0 Å². The summed E-state index contributed by atoms with van der Waals surface area (Å²) in [6.45, 7) is 7.00. The molecule has 0 fully saturated rings. The molecule has 130 valence electrons. The van der Waals surface area contributed by atoms with Crippen LogP contribution in [0.1, 0.15) is 19.4 Å². The van der Waals surface area contributed by atoms with Crippen molar-refractivity contribution in [3.63, 3.8) is 0 Å². The van der Waals surface area contributed by atoms with Crippen molar-refractivity contribution < 1.29 is 22.0 Å². The quantitative estimate of drug-likeness (QED) is 0.699. The van der Waals surface area contributed by atoms with Gasteiger partial charge in [0.2, 0.25) is 0 Å². The Balaban J connectivity index is 2.25. The molecule has 2 nitrogen and oxygen atoms in total. The summed E-state index contributed by atoms with van der Waals surface area (Å²) < 4.78 is 49.6. The minimum absolute atomic E-state index is 0.573. The largest absolute Gasteiger partial charge is 0.416 e. The van der Waals surface area contributed by atoms with Gasteiger partial charge in [0.15, 0.2) is 0 Å². The maximum Gasteiger partial charge on any atom is 0.416 e. The molecule has 0 aliphatic rings. The standard InChI is InChI=1S/C18H21F3O2Si/c1-4-22-24(3,23-5-2)17-12-8-15(9-13-17)14-6-10-16(11-7-14)18(19,20)21/h6-13H,4-5H2,1-3H3. The number of halogens is 3. The average Bonchev–Trinajstić information content (AvgIpc) is 2.55. The molecule has 0 aromatic heterocycles. The van der Waals surface area contributed by atoms with E-state index in [9.17, 15) is 13.2 Å². The average molecular weight is 354 g/mol. The molecule has 2 aromatic carbocycles. The molecular weight excluding hydrogens is 333 g/mol. The van der Waals surface area contributed by atoms with Crippen molar-refractivity contribution >= 4 is 13.7 Å². The van der Waals surface area contributed by atoms with Crippen molar-refractivity contribution in [1.82, 2.24) is 0 Å². The second-order valence-corrected chi connectivity index (χ2v) is 8.51. The smallest absolute Gasteiger partial charge is 0.391 e. The topological polar surface area (TPSA) is 18.5 Å². The molecule has 6 heteroatoms. The van der Waals surface area contributed by atoms with Crippen LogP contribution in [0.4, 0.5) is 13.2 Å². The highest BCUT2D eigenvalue weighted by Gasteiger charge is 2.33. The molecule has 0 aliphatic heterocycles. The fourth-order valence-corrected chi connectivity index (χ4v) is 4.87. The Labute approximate surface area is 141 Å². The first kappa shape index (κ1) is 18.7. The van der Waals surface area contributed by atoms with E-state index in [4.69, 9.17) is 8.85 Å². The molecule has 0 atom stereocenters. The van der Waals surface area contributed by atoms with Crippen LogP contribution < -0.4 is 5.19 Å². The third-order valence-corrected chi connectivity index (χ3v) is 6.86. The van der Waals surface area contributed by atoms with Crippen LogP contribution in [0, 0.1) is 0 Å². The van der Waals surface area contributed by atoms with Crippen LogP contribution in [0.3, 0.4) is 0 Å². The van der Waals surface area contributed by atoms with Crippen molar-refractivity contribution in [3.05, 3.63) is 54.1 Å². The van der Waals surface area contributed by atoms with Gasteiger partial charge < -0.3 is 8.85 Å². The lowest BCUT2D eigenvalue weighted by atomic mass is 10.0. The van der Waals surface area contributed by atoms with E-state index in [1.54, 1.807) is 0 Å². The molecule has 0 radical (unpaired) electrons. The monoisotopic (exact) mass is 354 g/mol. The Morgan fingerprint density at radius 3 is 1.58 bits per heavy atom. The molecule has 0 heterocycles. The molecule has 0 amide bonds.